The smallest absolute Gasteiger partial charge is 0.550 e. The summed E-state index contributed by atoms with van der Waals surface area (Å²) in [6.45, 7) is 2.66. The van der Waals surface area contributed by atoms with Crippen molar-refractivity contribution in [3.8, 4) is 0 Å². The zero-order valence-electron chi connectivity index (χ0n) is 13.8. The van der Waals surface area contributed by atoms with E-state index in [9.17, 15) is 19.8 Å². The number of quaternary nitrogens is 1. The fourth-order valence-electron chi connectivity index (χ4n) is 2.08. The molecule has 0 aliphatic heterocycles. The molecule has 22 heavy (non-hydrogen) atoms. The number of carbonyl (C=O) groups excluding carboxylic acids is 1. The van der Waals surface area contributed by atoms with Crippen LogP contribution in [0.25, 0.3) is 0 Å². The maximum atomic E-state index is 10.7. The van der Waals surface area contributed by atoms with Gasteiger partial charge in [-0.2, -0.15) is 0 Å². The second-order valence-corrected chi connectivity index (χ2v) is 5.35. The molecular formula is C15H27NNaO5+. The fourth-order valence-corrected chi connectivity index (χ4v) is 2.08. The van der Waals surface area contributed by atoms with Crippen LogP contribution in [0.3, 0.4) is 0 Å². The van der Waals surface area contributed by atoms with E-state index in [1.807, 2.05) is 12.2 Å². The second-order valence-electron chi connectivity index (χ2n) is 5.35. The van der Waals surface area contributed by atoms with Gasteiger partial charge in [0, 0.05) is 12.4 Å². The van der Waals surface area contributed by atoms with Gasteiger partial charge in [0.1, 0.15) is 0 Å². The van der Waals surface area contributed by atoms with Gasteiger partial charge in [0.25, 0.3) is 0 Å². The number of hydrogen-bond acceptors (Lipinski definition) is 4. The molecule has 0 amide bonds. The molecule has 0 saturated heterocycles. The van der Waals surface area contributed by atoms with Gasteiger partial charge in [0.2, 0.25) is 0 Å². The molecule has 0 radical (unpaired) electrons. The molecule has 0 rings (SSSR count). The Morgan fingerprint density at radius 2 is 1.77 bits per heavy atom. The first-order valence-electron chi connectivity index (χ1n) is 7.48. The predicted octanol–water partition coefficient (Wildman–Crippen LogP) is -2.49. The Kier molecular flexibility index (Phi) is 15.4. The third-order valence-corrected chi connectivity index (χ3v) is 3.52. The van der Waals surface area contributed by atoms with Gasteiger partial charge >= 0.3 is 35.5 Å². The number of allylic oxidation sites excluding steroid dienone is 1. The van der Waals surface area contributed by atoms with Crippen LogP contribution in [-0.4, -0.2) is 53.0 Å². The maximum absolute atomic E-state index is 10.7. The van der Waals surface area contributed by atoms with Crippen molar-refractivity contribution in [3.63, 3.8) is 0 Å². The number of carboxylic acid groups (broad SMARTS) is 2. The van der Waals surface area contributed by atoms with Crippen molar-refractivity contribution in [1.29, 1.82) is 0 Å². The molecule has 2 N–H and O–H groups in total. The average Bonchev–Trinajstić information content (AvgIpc) is 2.45. The van der Waals surface area contributed by atoms with Crippen molar-refractivity contribution in [1.82, 2.24) is 0 Å². The number of aliphatic hydroxyl groups is 1. The van der Waals surface area contributed by atoms with E-state index >= 15 is 0 Å². The molecule has 7 heteroatoms. The Morgan fingerprint density at radius 3 is 2.27 bits per heavy atom. The molecule has 0 aromatic rings. The molecule has 0 saturated carbocycles. The summed E-state index contributed by atoms with van der Waals surface area (Å²) < 4.78 is 0.0462. The Hall–Kier alpha value is -0.400. The zero-order chi connectivity index (χ0) is 16.1. The SMILES string of the molecule is CCCCC/C=C/C[N+](CO)(CCC(=O)[O-])CCC(=O)O.[Na+]. The average molecular weight is 324 g/mol. The Labute approximate surface area is 154 Å². The first-order valence-corrected chi connectivity index (χ1v) is 7.48. The van der Waals surface area contributed by atoms with Crippen molar-refractivity contribution in [2.75, 3.05) is 26.4 Å². The van der Waals surface area contributed by atoms with Crippen molar-refractivity contribution in [3.05, 3.63) is 12.2 Å². The second kappa shape index (κ2) is 14.2. The third kappa shape index (κ3) is 12.2. The zero-order valence-corrected chi connectivity index (χ0v) is 15.8. The Bertz CT molecular complexity index is 329. The van der Waals surface area contributed by atoms with E-state index in [-0.39, 0.29) is 66.7 Å². The van der Waals surface area contributed by atoms with E-state index in [2.05, 4.69) is 6.92 Å². The Morgan fingerprint density at radius 1 is 1.14 bits per heavy atom. The largest absolute Gasteiger partial charge is 1.00 e. The third-order valence-electron chi connectivity index (χ3n) is 3.52. The van der Waals surface area contributed by atoms with Gasteiger partial charge in [-0.25, -0.2) is 0 Å². The maximum Gasteiger partial charge on any atom is 1.00 e. The van der Waals surface area contributed by atoms with Crippen molar-refractivity contribution in [2.24, 2.45) is 0 Å². The summed E-state index contributed by atoms with van der Waals surface area (Å²) in [5, 5.41) is 29.0. The number of nitrogens with zero attached hydrogens (tertiary/aromatic N) is 1. The van der Waals surface area contributed by atoms with Crippen LogP contribution in [0.2, 0.25) is 0 Å². The molecule has 0 fully saturated rings. The number of rotatable bonds is 13. The molecule has 0 bridgehead atoms. The van der Waals surface area contributed by atoms with Crippen LogP contribution in [-0.2, 0) is 9.59 Å². The minimum absolute atomic E-state index is 0. The summed E-state index contributed by atoms with van der Waals surface area (Å²) in [4.78, 5) is 21.3. The molecular weight excluding hydrogens is 297 g/mol. The fraction of sp³-hybridized carbons (Fsp3) is 0.733. The van der Waals surface area contributed by atoms with Crippen LogP contribution < -0.4 is 34.7 Å². The van der Waals surface area contributed by atoms with E-state index in [1.54, 1.807) is 0 Å². The summed E-state index contributed by atoms with van der Waals surface area (Å²) in [6, 6.07) is 0. The Balaban J connectivity index is 0. The van der Waals surface area contributed by atoms with Crippen LogP contribution in [0.4, 0.5) is 0 Å². The molecule has 1 unspecified atom stereocenters. The minimum Gasteiger partial charge on any atom is -0.550 e. The number of carbonyl (C=O) groups is 2. The van der Waals surface area contributed by atoms with Gasteiger partial charge in [-0.05, 0) is 18.9 Å². The molecule has 0 spiro atoms. The summed E-state index contributed by atoms with van der Waals surface area (Å²) in [7, 11) is 0. The monoisotopic (exact) mass is 324 g/mol. The number of unbranched alkanes of at least 4 members (excludes halogenated alkanes) is 3. The molecule has 0 heterocycles. The molecule has 1 atom stereocenters. The standard InChI is InChI=1S/C15H27NO5.Na/c1-2-3-4-5-6-7-10-16(13-17,11-8-14(18)19)12-9-15(20)21;/h6-7,17H,2-5,8-13H2,1H3,(H-,18,19,20,21);/q;+1/b7-6+;. The van der Waals surface area contributed by atoms with Crippen molar-refractivity contribution >= 4 is 11.9 Å². The van der Waals surface area contributed by atoms with Gasteiger partial charge in [-0.1, -0.05) is 25.8 Å². The number of carboxylic acids is 2. The van der Waals surface area contributed by atoms with Crippen LogP contribution in [0.1, 0.15) is 45.4 Å². The summed E-state index contributed by atoms with van der Waals surface area (Å²) in [5.74, 6) is -2.14. The van der Waals surface area contributed by atoms with Crippen LogP contribution in [0.15, 0.2) is 12.2 Å². The van der Waals surface area contributed by atoms with E-state index in [0.29, 0.717) is 6.54 Å². The summed E-state index contributed by atoms with van der Waals surface area (Å²) in [6.07, 6.45) is 7.98. The van der Waals surface area contributed by atoms with Crippen LogP contribution >= 0.6 is 0 Å². The molecule has 0 aromatic heterocycles. The predicted molar refractivity (Wildman–Crippen MR) is 77.1 cm³/mol. The van der Waals surface area contributed by atoms with Crippen LogP contribution in [0.5, 0.6) is 0 Å². The number of aliphatic carboxylic acids is 2. The van der Waals surface area contributed by atoms with Crippen molar-refractivity contribution < 1.29 is 58.9 Å². The van der Waals surface area contributed by atoms with Crippen molar-refractivity contribution in [2.45, 2.75) is 45.4 Å². The van der Waals surface area contributed by atoms with Crippen LogP contribution in [0, 0.1) is 0 Å². The first kappa shape index (κ1) is 23.9. The minimum atomic E-state index is -1.19. The topological polar surface area (TPSA) is 97.7 Å². The molecule has 0 aliphatic rings. The number of hydrogen-bond donors (Lipinski definition) is 2. The van der Waals surface area contributed by atoms with E-state index in [0.717, 1.165) is 25.7 Å². The molecule has 122 valence electrons. The van der Waals surface area contributed by atoms with Gasteiger partial charge in [-0.3, -0.25) is 9.28 Å². The van der Waals surface area contributed by atoms with Gasteiger partial charge in [-0.15, -0.1) is 0 Å². The number of aliphatic hydroxyl groups excluding tert-OH is 1. The quantitative estimate of drug-likeness (QED) is 0.128. The van der Waals surface area contributed by atoms with Gasteiger partial charge in [0.05, 0.1) is 26.1 Å². The molecule has 0 aromatic carbocycles. The summed E-state index contributed by atoms with van der Waals surface area (Å²) in [5.41, 5.74) is 0. The van der Waals surface area contributed by atoms with E-state index in [1.165, 1.54) is 0 Å². The van der Waals surface area contributed by atoms with E-state index < -0.39 is 11.9 Å². The normalized spacial score (nSPS) is 13.5. The molecule has 6 nitrogen and oxygen atoms in total. The first-order chi connectivity index (χ1) is 9.95. The molecule has 0 aliphatic carbocycles. The summed E-state index contributed by atoms with van der Waals surface area (Å²) >= 11 is 0. The van der Waals surface area contributed by atoms with E-state index in [4.69, 9.17) is 5.11 Å². The van der Waals surface area contributed by atoms with Gasteiger partial charge in [0.15, 0.2) is 6.73 Å². The van der Waals surface area contributed by atoms with Gasteiger partial charge < -0.3 is 20.1 Å².